The van der Waals surface area contributed by atoms with Gasteiger partial charge in [-0.05, 0) is 48.4 Å². The molecular weight excluding hydrogens is 208 g/mol. The van der Waals surface area contributed by atoms with Crippen molar-refractivity contribution < 1.29 is 9.90 Å². The van der Waals surface area contributed by atoms with Crippen molar-refractivity contribution in [2.75, 3.05) is 0 Å². The molecule has 1 aromatic carbocycles. The van der Waals surface area contributed by atoms with Gasteiger partial charge in [-0.2, -0.15) is 0 Å². The normalized spacial score (nSPS) is 19.7. The first kappa shape index (κ1) is 10.6. The number of hydrogen-bond donors (Lipinski definition) is 2. The lowest BCUT2D eigenvalue weighted by Gasteiger charge is -2.24. The van der Waals surface area contributed by atoms with Gasteiger partial charge in [-0.1, -0.05) is 6.07 Å². The molecule has 0 bridgehead atoms. The van der Waals surface area contributed by atoms with Gasteiger partial charge >= 0.3 is 5.97 Å². The summed E-state index contributed by atoms with van der Waals surface area (Å²) in [4.78, 5) is 11.7. The molecule has 0 spiro atoms. The molecule has 0 heterocycles. The van der Waals surface area contributed by atoms with E-state index in [0.29, 0.717) is 0 Å². The monoisotopic (exact) mass is 222 g/mol. The van der Waals surface area contributed by atoms with Gasteiger partial charge in [0.1, 0.15) is 0 Å². The number of aryl methyl sites for hydroxylation is 1. The van der Waals surface area contributed by atoms with E-state index in [0.717, 1.165) is 24.2 Å². The minimum atomic E-state index is -0.706. The van der Waals surface area contributed by atoms with E-state index in [1.165, 1.54) is 11.1 Å². The zero-order valence-corrected chi connectivity index (χ0v) is 9.33. The highest BCUT2D eigenvalue weighted by Gasteiger charge is 2.22. The van der Waals surface area contributed by atoms with Crippen LogP contribution < -0.4 is 0 Å². The first-order valence-electron chi connectivity index (χ1n) is 5.20. The second-order valence-electron chi connectivity index (χ2n) is 4.07. The Bertz CT molecular complexity index is 387. The summed E-state index contributed by atoms with van der Waals surface area (Å²) in [6, 6.07) is 6.04. The van der Waals surface area contributed by atoms with Crippen molar-refractivity contribution in [3.8, 4) is 0 Å². The van der Waals surface area contributed by atoms with E-state index in [1.54, 1.807) is 0 Å². The van der Waals surface area contributed by atoms with Gasteiger partial charge in [-0.15, -0.1) is 12.6 Å². The zero-order chi connectivity index (χ0) is 10.8. The summed E-state index contributed by atoms with van der Waals surface area (Å²) in [5, 5.41) is 8.83. The summed E-state index contributed by atoms with van der Waals surface area (Å²) < 4.78 is 0. The van der Waals surface area contributed by atoms with E-state index in [-0.39, 0.29) is 12.3 Å². The molecule has 1 unspecified atom stereocenters. The van der Waals surface area contributed by atoms with Crippen molar-refractivity contribution in [1.82, 2.24) is 0 Å². The average molecular weight is 222 g/mol. The lowest BCUT2D eigenvalue weighted by Crippen LogP contribution is -2.13. The quantitative estimate of drug-likeness (QED) is 0.755. The number of aliphatic carboxylic acids is 1. The SMILES string of the molecule is O=C(O)CC1CCCc2cc(S)ccc21. The van der Waals surface area contributed by atoms with Crippen LogP contribution in [0.5, 0.6) is 0 Å². The number of carboxylic acid groups (broad SMARTS) is 1. The van der Waals surface area contributed by atoms with Crippen LogP contribution in [0.3, 0.4) is 0 Å². The molecule has 0 fully saturated rings. The van der Waals surface area contributed by atoms with E-state index in [2.05, 4.69) is 18.7 Å². The summed E-state index contributed by atoms with van der Waals surface area (Å²) in [5.74, 6) is -0.511. The highest BCUT2D eigenvalue weighted by molar-refractivity contribution is 7.80. The molecule has 1 aliphatic rings. The zero-order valence-electron chi connectivity index (χ0n) is 8.44. The smallest absolute Gasteiger partial charge is 0.303 e. The van der Waals surface area contributed by atoms with Gasteiger partial charge in [0.2, 0.25) is 0 Å². The molecule has 2 nitrogen and oxygen atoms in total. The third-order valence-corrected chi connectivity index (χ3v) is 3.26. The number of benzene rings is 1. The van der Waals surface area contributed by atoms with Crippen molar-refractivity contribution in [1.29, 1.82) is 0 Å². The van der Waals surface area contributed by atoms with E-state index < -0.39 is 5.97 Å². The van der Waals surface area contributed by atoms with Gasteiger partial charge in [0, 0.05) is 4.90 Å². The van der Waals surface area contributed by atoms with Crippen molar-refractivity contribution in [3.05, 3.63) is 29.3 Å². The van der Waals surface area contributed by atoms with Crippen LogP contribution in [0.1, 0.15) is 36.3 Å². The number of rotatable bonds is 2. The molecule has 2 rings (SSSR count). The van der Waals surface area contributed by atoms with Crippen LogP contribution >= 0.6 is 12.6 Å². The fourth-order valence-electron chi connectivity index (χ4n) is 2.32. The van der Waals surface area contributed by atoms with Gasteiger partial charge in [0.15, 0.2) is 0 Å². The molecular formula is C12H14O2S. The lowest BCUT2D eigenvalue weighted by molar-refractivity contribution is -0.137. The number of carboxylic acids is 1. The fourth-order valence-corrected chi connectivity index (χ4v) is 2.55. The van der Waals surface area contributed by atoms with Crippen LogP contribution in [0.15, 0.2) is 23.1 Å². The number of carbonyl (C=O) groups is 1. The maximum atomic E-state index is 10.7. The van der Waals surface area contributed by atoms with E-state index >= 15 is 0 Å². The van der Waals surface area contributed by atoms with Crippen LogP contribution in [0.2, 0.25) is 0 Å². The average Bonchev–Trinajstić information content (AvgIpc) is 2.16. The summed E-state index contributed by atoms with van der Waals surface area (Å²) in [7, 11) is 0. The van der Waals surface area contributed by atoms with E-state index in [1.807, 2.05) is 12.1 Å². The van der Waals surface area contributed by atoms with Gasteiger partial charge in [-0.25, -0.2) is 0 Å². The molecule has 0 saturated carbocycles. The standard InChI is InChI=1S/C12H14O2S/c13-12(14)7-9-3-1-2-8-6-10(15)4-5-11(8)9/h4-6,9,15H,1-3,7H2,(H,13,14). The molecule has 1 aromatic rings. The second kappa shape index (κ2) is 4.27. The van der Waals surface area contributed by atoms with Crippen molar-refractivity contribution in [3.63, 3.8) is 0 Å². The third kappa shape index (κ3) is 2.34. The summed E-state index contributed by atoms with van der Waals surface area (Å²) in [6.45, 7) is 0. The lowest BCUT2D eigenvalue weighted by atomic mass is 9.81. The molecule has 0 aliphatic heterocycles. The van der Waals surface area contributed by atoms with E-state index in [9.17, 15) is 4.79 Å². The minimum Gasteiger partial charge on any atom is -0.481 e. The van der Waals surface area contributed by atoms with Crippen LogP contribution in [0.4, 0.5) is 0 Å². The Morgan fingerprint density at radius 3 is 3.07 bits per heavy atom. The number of hydrogen-bond acceptors (Lipinski definition) is 2. The predicted molar refractivity (Wildman–Crippen MR) is 61.6 cm³/mol. The highest BCUT2D eigenvalue weighted by atomic mass is 32.1. The summed E-state index contributed by atoms with van der Waals surface area (Å²) in [5.41, 5.74) is 2.49. The van der Waals surface area contributed by atoms with Crippen LogP contribution in [0, 0.1) is 0 Å². The molecule has 0 saturated heterocycles. The maximum absolute atomic E-state index is 10.7. The van der Waals surface area contributed by atoms with Gasteiger partial charge < -0.3 is 5.11 Å². The Morgan fingerprint density at radius 1 is 1.53 bits per heavy atom. The third-order valence-electron chi connectivity index (χ3n) is 2.99. The van der Waals surface area contributed by atoms with Crippen molar-refractivity contribution in [2.24, 2.45) is 0 Å². The Hall–Kier alpha value is -0.960. The Labute approximate surface area is 94.7 Å². The molecule has 0 amide bonds. The second-order valence-corrected chi connectivity index (χ2v) is 4.59. The molecule has 1 N–H and O–H groups in total. The molecule has 3 heteroatoms. The van der Waals surface area contributed by atoms with Crippen molar-refractivity contribution in [2.45, 2.75) is 36.5 Å². The minimum absolute atomic E-state index is 0.195. The largest absolute Gasteiger partial charge is 0.481 e. The molecule has 1 aliphatic carbocycles. The number of fused-ring (bicyclic) bond motifs is 1. The van der Waals surface area contributed by atoms with Crippen LogP contribution in [-0.4, -0.2) is 11.1 Å². The first-order chi connectivity index (χ1) is 7.16. The predicted octanol–water partition coefficient (Wildman–Crippen LogP) is 2.87. The number of thiol groups is 1. The molecule has 0 aromatic heterocycles. The first-order valence-corrected chi connectivity index (χ1v) is 5.65. The van der Waals surface area contributed by atoms with Gasteiger partial charge in [0.05, 0.1) is 6.42 Å². The fraction of sp³-hybridized carbons (Fsp3) is 0.417. The van der Waals surface area contributed by atoms with Gasteiger partial charge in [0.25, 0.3) is 0 Å². The van der Waals surface area contributed by atoms with Gasteiger partial charge in [-0.3, -0.25) is 4.79 Å². The Balaban J connectivity index is 2.30. The molecule has 1 atom stereocenters. The maximum Gasteiger partial charge on any atom is 0.303 e. The topological polar surface area (TPSA) is 37.3 Å². The van der Waals surface area contributed by atoms with Crippen LogP contribution in [0.25, 0.3) is 0 Å². The molecule has 80 valence electrons. The summed E-state index contributed by atoms with van der Waals surface area (Å²) in [6.07, 6.45) is 3.38. The Kier molecular flexibility index (Phi) is 3.00. The molecule has 0 radical (unpaired) electrons. The van der Waals surface area contributed by atoms with Crippen LogP contribution in [-0.2, 0) is 11.2 Å². The highest BCUT2D eigenvalue weighted by Crippen LogP contribution is 2.34. The molecule has 15 heavy (non-hydrogen) atoms. The van der Waals surface area contributed by atoms with E-state index in [4.69, 9.17) is 5.11 Å². The summed E-state index contributed by atoms with van der Waals surface area (Å²) >= 11 is 4.30. The Morgan fingerprint density at radius 2 is 2.33 bits per heavy atom. The van der Waals surface area contributed by atoms with Crippen molar-refractivity contribution >= 4 is 18.6 Å².